The average molecular weight is 374 g/mol. The number of amides is 1. The molecule has 1 amide bonds. The summed E-state index contributed by atoms with van der Waals surface area (Å²) >= 11 is 6.03. The first kappa shape index (κ1) is 18.4. The highest BCUT2D eigenvalue weighted by Gasteiger charge is 2.50. The van der Waals surface area contributed by atoms with Crippen molar-refractivity contribution in [2.24, 2.45) is 0 Å². The molecule has 0 saturated heterocycles. The third-order valence-electron chi connectivity index (χ3n) is 4.46. The highest BCUT2D eigenvalue weighted by atomic mass is 35.5. The predicted molar refractivity (Wildman–Crippen MR) is 99.7 cm³/mol. The van der Waals surface area contributed by atoms with Crippen LogP contribution in [0.4, 0.5) is 5.69 Å². The first-order chi connectivity index (χ1) is 12.3. The van der Waals surface area contributed by atoms with Gasteiger partial charge in [0.05, 0.1) is 12.2 Å². The Morgan fingerprint density at radius 3 is 2.69 bits per heavy atom. The number of fused-ring (bicyclic) bond motifs is 1. The van der Waals surface area contributed by atoms with E-state index >= 15 is 0 Å². The third-order valence-corrected chi connectivity index (χ3v) is 4.70. The predicted octanol–water partition coefficient (Wildman–Crippen LogP) is 3.24. The number of anilines is 1. The molecule has 1 aliphatic heterocycles. The number of nitrogens with zero attached hydrogens (tertiary/aromatic N) is 1. The second-order valence-electron chi connectivity index (χ2n) is 6.47. The van der Waals surface area contributed by atoms with Crippen LogP contribution >= 0.6 is 11.6 Å². The van der Waals surface area contributed by atoms with Crippen LogP contribution in [0.5, 0.6) is 5.75 Å². The second-order valence-corrected chi connectivity index (χ2v) is 6.91. The molecule has 0 aliphatic carbocycles. The molecule has 2 aromatic carbocycles. The molecule has 1 aliphatic rings. The lowest BCUT2D eigenvalue weighted by Gasteiger charge is -2.22. The zero-order chi connectivity index (χ0) is 18.9. The maximum atomic E-state index is 12.9. The standard InChI is InChI=1S/C20H20ClNO4/c1-13-5-3-4-6-18(13)26-10-9-22-17-8-7-15(21)11-16(17)20(25,19(22)24)12-14(2)23/h3-8,11,25H,9-10,12H2,1-2H3/t20-/m1/s1. The Morgan fingerprint density at radius 2 is 2.00 bits per heavy atom. The van der Waals surface area contributed by atoms with E-state index in [1.54, 1.807) is 18.2 Å². The van der Waals surface area contributed by atoms with Gasteiger partial charge in [0, 0.05) is 17.0 Å². The highest BCUT2D eigenvalue weighted by molar-refractivity contribution is 6.31. The molecular formula is C20H20ClNO4. The Kier molecular flexibility index (Phi) is 5.03. The van der Waals surface area contributed by atoms with Crippen LogP contribution in [0.3, 0.4) is 0 Å². The van der Waals surface area contributed by atoms with E-state index in [1.807, 2.05) is 31.2 Å². The molecule has 136 valence electrons. The molecule has 3 rings (SSSR count). The number of hydrogen-bond acceptors (Lipinski definition) is 4. The zero-order valence-corrected chi connectivity index (χ0v) is 15.4. The van der Waals surface area contributed by atoms with Gasteiger partial charge < -0.3 is 14.7 Å². The van der Waals surface area contributed by atoms with Crippen molar-refractivity contribution in [1.29, 1.82) is 0 Å². The molecule has 0 bridgehead atoms. The summed E-state index contributed by atoms with van der Waals surface area (Å²) in [4.78, 5) is 25.9. The van der Waals surface area contributed by atoms with Crippen molar-refractivity contribution >= 4 is 29.0 Å². The Balaban J connectivity index is 1.83. The molecule has 1 atom stereocenters. The van der Waals surface area contributed by atoms with Crippen molar-refractivity contribution in [3.8, 4) is 5.75 Å². The summed E-state index contributed by atoms with van der Waals surface area (Å²) in [6.07, 6.45) is -0.283. The Hall–Kier alpha value is -2.37. The van der Waals surface area contributed by atoms with Gasteiger partial charge in [-0.1, -0.05) is 29.8 Å². The lowest BCUT2D eigenvalue weighted by Crippen LogP contribution is -2.43. The summed E-state index contributed by atoms with van der Waals surface area (Å²) in [5.41, 5.74) is 0.0347. The molecule has 0 fully saturated rings. The van der Waals surface area contributed by atoms with E-state index in [0.29, 0.717) is 16.3 Å². The van der Waals surface area contributed by atoms with Gasteiger partial charge in [0.15, 0.2) is 5.60 Å². The van der Waals surface area contributed by atoms with E-state index in [4.69, 9.17) is 16.3 Å². The number of aliphatic hydroxyl groups is 1. The SMILES string of the molecule is CC(=O)C[C@]1(O)C(=O)N(CCOc2ccccc2C)c2ccc(Cl)cc21. The van der Waals surface area contributed by atoms with Gasteiger partial charge in [-0.15, -0.1) is 0 Å². The topological polar surface area (TPSA) is 66.8 Å². The van der Waals surface area contributed by atoms with Gasteiger partial charge in [0.1, 0.15) is 18.1 Å². The summed E-state index contributed by atoms with van der Waals surface area (Å²) < 4.78 is 5.77. The number of aryl methyl sites for hydroxylation is 1. The van der Waals surface area contributed by atoms with Crippen LogP contribution in [-0.2, 0) is 15.2 Å². The molecule has 6 heteroatoms. The van der Waals surface area contributed by atoms with Crippen molar-refractivity contribution in [3.63, 3.8) is 0 Å². The fourth-order valence-electron chi connectivity index (χ4n) is 3.24. The van der Waals surface area contributed by atoms with Gasteiger partial charge >= 0.3 is 0 Å². The van der Waals surface area contributed by atoms with E-state index in [2.05, 4.69) is 0 Å². The van der Waals surface area contributed by atoms with E-state index in [-0.39, 0.29) is 25.4 Å². The van der Waals surface area contributed by atoms with Crippen molar-refractivity contribution < 1.29 is 19.4 Å². The number of para-hydroxylation sites is 1. The number of ether oxygens (including phenoxy) is 1. The van der Waals surface area contributed by atoms with Crippen molar-refractivity contribution in [1.82, 2.24) is 0 Å². The molecule has 0 spiro atoms. The number of carbonyl (C=O) groups excluding carboxylic acids is 2. The van der Waals surface area contributed by atoms with E-state index in [9.17, 15) is 14.7 Å². The Labute approximate surface area is 157 Å². The molecule has 26 heavy (non-hydrogen) atoms. The molecule has 0 radical (unpaired) electrons. The van der Waals surface area contributed by atoms with Gasteiger partial charge in [-0.05, 0) is 43.7 Å². The maximum absolute atomic E-state index is 12.9. The van der Waals surface area contributed by atoms with E-state index < -0.39 is 11.5 Å². The lowest BCUT2D eigenvalue weighted by atomic mass is 9.90. The summed E-state index contributed by atoms with van der Waals surface area (Å²) in [6.45, 7) is 3.80. The smallest absolute Gasteiger partial charge is 0.264 e. The molecular weight excluding hydrogens is 354 g/mol. The van der Waals surface area contributed by atoms with Crippen LogP contribution < -0.4 is 9.64 Å². The molecule has 1 N–H and O–H groups in total. The van der Waals surface area contributed by atoms with Crippen LogP contribution in [0.15, 0.2) is 42.5 Å². The van der Waals surface area contributed by atoms with Gasteiger partial charge in [0.2, 0.25) is 0 Å². The van der Waals surface area contributed by atoms with Gasteiger partial charge in [-0.2, -0.15) is 0 Å². The number of Topliss-reactive ketones (excluding diaryl/α,β-unsaturated/α-hetero) is 1. The fourth-order valence-corrected chi connectivity index (χ4v) is 3.41. The molecule has 0 saturated carbocycles. The number of ketones is 1. The van der Waals surface area contributed by atoms with Gasteiger partial charge in [0.25, 0.3) is 5.91 Å². The molecule has 0 unspecified atom stereocenters. The monoisotopic (exact) mass is 373 g/mol. The molecule has 5 nitrogen and oxygen atoms in total. The minimum Gasteiger partial charge on any atom is -0.491 e. The molecule has 0 aromatic heterocycles. The van der Waals surface area contributed by atoms with Crippen LogP contribution in [-0.4, -0.2) is 29.9 Å². The minimum absolute atomic E-state index is 0.252. The maximum Gasteiger partial charge on any atom is 0.264 e. The largest absolute Gasteiger partial charge is 0.491 e. The second kappa shape index (κ2) is 7.09. The van der Waals surface area contributed by atoms with Crippen LogP contribution in [0.1, 0.15) is 24.5 Å². The van der Waals surface area contributed by atoms with Crippen LogP contribution in [0.25, 0.3) is 0 Å². The quantitative estimate of drug-likeness (QED) is 0.844. The van der Waals surface area contributed by atoms with E-state index in [1.165, 1.54) is 11.8 Å². The number of halogens is 1. The van der Waals surface area contributed by atoms with Crippen LogP contribution in [0, 0.1) is 6.92 Å². The Bertz CT molecular complexity index is 867. The Morgan fingerprint density at radius 1 is 1.27 bits per heavy atom. The van der Waals surface area contributed by atoms with Crippen molar-refractivity contribution in [2.45, 2.75) is 25.9 Å². The number of rotatable bonds is 6. The highest BCUT2D eigenvalue weighted by Crippen LogP contribution is 2.43. The third kappa shape index (κ3) is 3.32. The number of benzene rings is 2. The molecule has 2 aromatic rings. The number of hydrogen-bond donors (Lipinski definition) is 1. The van der Waals surface area contributed by atoms with Gasteiger partial charge in [-0.3, -0.25) is 9.59 Å². The normalized spacial score (nSPS) is 18.8. The van der Waals surface area contributed by atoms with Gasteiger partial charge in [-0.25, -0.2) is 0 Å². The summed E-state index contributed by atoms with van der Waals surface area (Å²) in [7, 11) is 0. The minimum atomic E-state index is -1.88. The van der Waals surface area contributed by atoms with Crippen molar-refractivity contribution in [2.75, 3.05) is 18.1 Å². The average Bonchev–Trinajstić information content (AvgIpc) is 2.77. The fraction of sp³-hybridized carbons (Fsp3) is 0.300. The zero-order valence-electron chi connectivity index (χ0n) is 14.7. The summed E-state index contributed by atoms with van der Waals surface area (Å²) in [5.74, 6) is -0.0578. The lowest BCUT2D eigenvalue weighted by molar-refractivity contribution is -0.141. The molecule has 1 heterocycles. The number of carbonyl (C=O) groups is 2. The first-order valence-corrected chi connectivity index (χ1v) is 8.73. The van der Waals surface area contributed by atoms with Crippen molar-refractivity contribution in [3.05, 3.63) is 58.6 Å². The first-order valence-electron chi connectivity index (χ1n) is 8.35. The van der Waals surface area contributed by atoms with E-state index in [0.717, 1.165) is 11.3 Å². The van der Waals surface area contributed by atoms with Crippen LogP contribution in [0.2, 0.25) is 5.02 Å². The summed E-state index contributed by atoms with van der Waals surface area (Å²) in [6, 6.07) is 12.5. The summed E-state index contributed by atoms with van der Waals surface area (Å²) in [5, 5.41) is 11.3.